The number of amides is 1. The molecule has 1 aromatic carbocycles. The summed E-state index contributed by atoms with van der Waals surface area (Å²) in [7, 11) is 1.64. The molecule has 1 aliphatic carbocycles. The van der Waals surface area contributed by atoms with Crippen LogP contribution < -0.4 is 5.32 Å². The molecule has 0 spiro atoms. The standard InChI is InChI=1S/C15H21NO3/c1-19-10-11-6-8-12(9-7-11)15(18)16-13-4-2-3-5-14(13)17/h6-9,13-14,17H,2-5,10H2,1H3,(H,16,18)/t13-,14+/m1/s1. The smallest absolute Gasteiger partial charge is 0.251 e. The van der Waals surface area contributed by atoms with Crippen molar-refractivity contribution in [2.24, 2.45) is 0 Å². The summed E-state index contributed by atoms with van der Waals surface area (Å²) in [5.74, 6) is -0.116. The molecular formula is C15H21NO3. The number of aliphatic hydroxyl groups is 1. The van der Waals surface area contributed by atoms with E-state index in [1.54, 1.807) is 19.2 Å². The SMILES string of the molecule is COCc1ccc(C(=O)N[C@@H]2CCCC[C@@H]2O)cc1. The topological polar surface area (TPSA) is 58.6 Å². The van der Waals surface area contributed by atoms with Crippen LogP contribution in [0.3, 0.4) is 0 Å². The van der Waals surface area contributed by atoms with E-state index in [0.29, 0.717) is 12.2 Å². The molecule has 104 valence electrons. The Bertz CT molecular complexity index is 416. The third kappa shape index (κ3) is 3.78. The van der Waals surface area contributed by atoms with Gasteiger partial charge in [-0.1, -0.05) is 25.0 Å². The largest absolute Gasteiger partial charge is 0.391 e. The van der Waals surface area contributed by atoms with Gasteiger partial charge in [0.2, 0.25) is 0 Å². The van der Waals surface area contributed by atoms with Crippen LogP contribution in [0.5, 0.6) is 0 Å². The minimum absolute atomic E-state index is 0.111. The number of methoxy groups -OCH3 is 1. The molecule has 2 atom stereocenters. The lowest BCUT2D eigenvalue weighted by Gasteiger charge is -2.28. The molecule has 0 aromatic heterocycles. The number of ether oxygens (including phenoxy) is 1. The fourth-order valence-corrected chi connectivity index (χ4v) is 2.45. The highest BCUT2D eigenvalue weighted by Gasteiger charge is 2.24. The normalized spacial score (nSPS) is 23.1. The van der Waals surface area contributed by atoms with Gasteiger partial charge in [0.1, 0.15) is 0 Å². The maximum Gasteiger partial charge on any atom is 0.251 e. The van der Waals surface area contributed by atoms with Gasteiger partial charge in [-0.05, 0) is 30.5 Å². The first-order valence-corrected chi connectivity index (χ1v) is 6.77. The van der Waals surface area contributed by atoms with Gasteiger partial charge in [-0.15, -0.1) is 0 Å². The van der Waals surface area contributed by atoms with E-state index in [2.05, 4.69) is 5.32 Å². The molecule has 0 radical (unpaired) electrons. The molecule has 4 nitrogen and oxygen atoms in total. The third-order valence-corrected chi connectivity index (χ3v) is 3.57. The molecule has 2 N–H and O–H groups in total. The van der Waals surface area contributed by atoms with Crippen molar-refractivity contribution in [2.75, 3.05) is 7.11 Å². The van der Waals surface area contributed by atoms with E-state index in [1.165, 1.54) is 0 Å². The third-order valence-electron chi connectivity index (χ3n) is 3.57. The zero-order chi connectivity index (χ0) is 13.7. The second-order valence-corrected chi connectivity index (χ2v) is 5.06. The molecule has 0 saturated heterocycles. The number of nitrogens with one attached hydrogen (secondary N) is 1. The summed E-state index contributed by atoms with van der Waals surface area (Å²) in [6, 6.07) is 7.24. The molecule has 0 aliphatic heterocycles. The van der Waals surface area contributed by atoms with Crippen molar-refractivity contribution in [3.63, 3.8) is 0 Å². The summed E-state index contributed by atoms with van der Waals surface area (Å²) in [5.41, 5.74) is 1.66. The van der Waals surface area contributed by atoms with Crippen molar-refractivity contribution in [3.05, 3.63) is 35.4 Å². The summed E-state index contributed by atoms with van der Waals surface area (Å²) >= 11 is 0. The van der Waals surface area contributed by atoms with E-state index in [1.807, 2.05) is 12.1 Å². The molecule has 0 bridgehead atoms. The van der Waals surface area contributed by atoms with Gasteiger partial charge in [-0.3, -0.25) is 4.79 Å². The van der Waals surface area contributed by atoms with Crippen LogP contribution in [0.4, 0.5) is 0 Å². The Labute approximate surface area is 113 Å². The predicted octanol–water partition coefficient (Wildman–Crippen LogP) is 1.87. The molecule has 1 aromatic rings. The van der Waals surface area contributed by atoms with Crippen molar-refractivity contribution >= 4 is 5.91 Å². The minimum Gasteiger partial charge on any atom is -0.391 e. The number of carbonyl (C=O) groups is 1. The zero-order valence-electron chi connectivity index (χ0n) is 11.3. The number of hydrogen-bond donors (Lipinski definition) is 2. The van der Waals surface area contributed by atoms with Gasteiger partial charge in [0.25, 0.3) is 5.91 Å². The Balaban J connectivity index is 1.95. The Morgan fingerprint density at radius 2 is 2.00 bits per heavy atom. The van der Waals surface area contributed by atoms with Crippen LogP contribution in [0.2, 0.25) is 0 Å². The lowest BCUT2D eigenvalue weighted by molar-refractivity contribution is 0.0717. The molecule has 2 rings (SSSR count). The summed E-state index contributed by atoms with van der Waals surface area (Å²) in [5, 5.41) is 12.8. The molecule has 0 heterocycles. The summed E-state index contributed by atoms with van der Waals surface area (Å²) in [6.07, 6.45) is 3.32. The van der Waals surface area contributed by atoms with Gasteiger partial charge in [-0.2, -0.15) is 0 Å². The van der Waals surface area contributed by atoms with E-state index in [9.17, 15) is 9.90 Å². The number of rotatable bonds is 4. The number of aliphatic hydroxyl groups excluding tert-OH is 1. The van der Waals surface area contributed by atoms with Crippen LogP contribution in [0.25, 0.3) is 0 Å². The highest BCUT2D eigenvalue weighted by atomic mass is 16.5. The monoisotopic (exact) mass is 263 g/mol. The maximum atomic E-state index is 12.1. The van der Waals surface area contributed by atoms with E-state index >= 15 is 0 Å². The van der Waals surface area contributed by atoms with Gasteiger partial charge < -0.3 is 15.2 Å². The minimum atomic E-state index is -0.412. The first-order valence-electron chi connectivity index (χ1n) is 6.77. The van der Waals surface area contributed by atoms with E-state index in [4.69, 9.17) is 4.74 Å². The lowest BCUT2D eigenvalue weighted by atomic mass is 9.92. The van der Waals surface area contributed by atoms with Crippen LogP contribution >= 0.6 is 0 Å². The highest BCUT2D eigenvalue weighted by Crippen LogP contribution is 2.18. The second-order valence-electron chi connectivity index (χ2n) is 5.06. The summed E-state index contributed by atoms with van der Waals surface area (Å²) in [6.45, 7) is 0.545. The van der Waals surface area contributed by atoms with Gasteiger partial charge in [0.05, 0.1) is 18.8 Å². The van der Waals surface area contributed by atoms with Gasteiger partial charge in [-0.25, -0.2) is 0 Å². The van der Waals surface area contributed by atoms with E-state index < -0.39 is 6.10 Å². The van der Waals surface area contributed by atoms with E-state index in [0.717, 1.165) is 31.2 Å². The van der Waals surface area contributed by atoms with Crippen molar-refractivity contribution in [1.82, 2.24) is 5.32 Å². The molecule has 1 fully saturated rings. The number of carbonyl (C=O) groups excluding carboxylic acids is 1. The average molecular weight is 263 g/mol. The second kappa shape index (κ2) is 6.68. The zero-order valence-corrected chi connectivity index (χ0v) is 11.3. The molecule has 19 heavy (non-hydrogen) atoms. The first-order chi connectivity index (χ1) is 9.20. The Kier molecular flexibility index (Phi) is 4.93. The summed E-state index contributed by atoms with van der Waals surface area (Å²) < 4.78 is 5.03. The van der Waals surface area contributed by atoms with Crippen molar-refractivity contribution in [2.45, 2.75) is 44.4 Å². The van der Waals surface area contributed by atoms with Crippen LogP contribution in [0, 0.1) is 0 Å². The predicted molar refractivity (Wildman–Crippen MR) is 72.9 cm³/mol. The van der Waals surface area contributed by atoms with Crippen LogP contribution in [-0.2, 0) is 11.3 Å². The molecule has 4 heteroatoms. The Morgan fingerprint density at radius 3 is 2.63 bits per heavy atom. The number of hydrogen-bond acceptors (Lipinski definition) is 3. The molecular weight excluding hydrogens is 242 g/mol. The Morgan fingerprint density at radius 1 is 1.32 bits per heavy atom. The average Bonchev–Trinajstić information content (AvgIpc) is 2.42. The Hall–Kier alpha value is -1.39. The van der Waals surface area contributed by atoms with Crippen molar-refractivity contribution < 1.29 is 14.6 Å². The first kappa shape index (κ1) is 14.0. The van der Waals surface area contributed by atoms with Gasteiger partial charge in [0, 0.05) is 12.7 Å². The van der Waals surface area contributed by atoms with Crippen LogP contribution in [0.15, 0.2) is 24.3 Å². The molecule has 0 unspecified atom stereocenters. The molecule has 1 aliphatic rings. The quantitative estimate of drug-likeness (QED) is 0.872. The highest BCUT2D eigenvalue weighted by molar-refractivity contribution is 5.94. The maximum absolute atomic E-state index is 12.1. The van der Waals surface area contributed by atoms with Crippen LogP contribution in [-0.4, -0.2) is 30.3 Å². The van der Waals surface area contributed by atoms with E-state index in [-0.39, 0.29) is 11.9 Å². The molecule has 1 amide bonds. The summed E-state index contributed by atoms with van der Waals surface area (Å²) in [4.78, 5) is 12.1. The fraction of sp³-hybridized carbons (Fsp3) is 0.533. The fourth-order valence-electron chi connectivity index (χ4n) is 2.45. The molecule has 1 saturated carbocycles. The number of benzene rings is 1. The van der Waals surface area contributed by atoms with Crippen molar-refractivity contribution in [1.29, 1.82) is 0 Å². The van der Waals surface area contributed by atoms with Gasteiger partial charge >= 0.3 is 0 Å². The van der Waals surface area contributed by atoms with Crippen molar-refractivity contribution in [3.8, 4) is 0 Å². The van der Waals surface area contributed by atoms with Crippen LogP contribution in [0.1, 0.15) is 41.6 Å². The van der Waals surface area contributed by atoms with Gasteiger partial charge in [0.15, 0.2) is 0 Å². The lowest BCUT2D eigenvalue weighted by Crippen LogP contribution is -2.45.